The van der Waals surface area contributed by atoms with Crippen LogP contribution in [0.2, 0.25) is 0 Å². The summed E-state index contributed by atoms with van der Waals surface area (Å²) in [5, 5.41) is 2.66. The van der Waals surface area contributed by atoms with Crippen LogP contribution in [0.15, 0.2) is 48.5 Å². The Morgan fingerprint density at radius 3 is 2.56 bits per heavy atom. The molecule has 0 radical (unpaired) electrons. The van der Waals surface area contributed by atoms with E-state index in [1.165, 1.54) is 30.0 Å². The third kappa shape index (κ3) is 6.42. The van der Waals surface area contributed by atoms with E-state index in [1.807, 2.05) is 0 Å². The van der Waals surface area contributed by atoms with E-state index in [9.17, 15) is 22.4 Å². The van der Waals surface area contributed by atoms with Crippen molar-refractivity contribution in [2.24, 2.45) is 0 Å². The molecule has 7 heteroatoms. The van der Waals surface area contributed by atoms with Gasteiger partial charge in [0.2, 0.25) is 5.91 Å². The van der Waals surface area contributed by atoms with Gasteiger partial charge in [-0.3, -0.25) is 4.79 Å². The number of hydrogen-bond acceptors (Lipinski definition) is 2. The van der Waals surface area contributed by atoms with E-state index in [0.29, 0.717) is 29.2 Å². The van der Waals surface area contributed by atoms with E-state index in [0.717, 1.165) is 12.1 Å². The molecule has 0 atom stereocenters. The van der Waals surface area contributed by atoms with Crippen molar-refractivity contribution in [1.29, 1.82) is 0 Å². The Kier molecular flexibility index (Phi) is 6.87. The molecule has 2 aromatic rings. The Balaban J connectivity index is 1.72. The van der Waals surface area contributed by atoms with Crippen LogP contribution in [0.1, 0.15) is 16.7 Å². The van der Waals surface area contributed by atoms with Crippen molar-refractivity contribution in [2.45, 2.75) is 18.3 Å². The van der Waals surface area contributed by atoms with E-state index in [4.69, 9.17) is 0 Å². The molecule has 0 aromatic heterocycles. The number of nitrogens with one attached hydrogen (secondary N) is 1. The topological polar surface area (TPSA) is 29.1 Å². The van der Waals surface area contributed by atoms with Gasteiger partial charge in [-0.15, -0.1) is 0 Å². The molecule has 0 heterocycles. The minimum absolute atomic E-state index is 0.109. The van der Waals surface area contributed by atoms with E-state index in [1.54, 1.807) is 18.2 Å². The lowest BCUT2D eigenvalue weighted by atomic mass is 10.1. The Hall–Kier alpha value is -2.02. The van der Waals surface area contributed by atoms with Gasteiger partial charge in [0.25, 0.3) is 0 Å². The lowest BCUT2D eigenvalue weighted by Gasteiger charge is -2.09. The summed E-state index contributed by atoms with van der Waals surface area (Å²) >= 11 is 1.47. The molecule has 0 saturated carbocycles. The maximum atomic E-state index is 13.4. The normalized spacial score (nSPS) is 11.4. The van der Waals surface area contributed by atoms with Crippen molar-refractivity contribution in [3.05, 3.63) is 71.0 Å². The van der Waals surface area contributed by atoms with Crippen LogP contribution in [0.3, 0.4) is 0 Å². The summed E-state index contributed by atoms with van der Waals surface area (Å²) in [7, 11) is 0. The number of amides is 1. The molecule has 0 spiro atoms. The van der Waals surface area contributed by atoms with Crippen molar-refractivity contribution in [3.8, 4) is 0 Å². The standard InChI is InChI=1S/C18H17F4NOS/c19-16-7-2-1-5-14(16)12-25-9-8-23-17(24)11-13-4-3-6-15(10-13)18(20,21)22/h1-7,10H,8-9,11-12H2,(H,23,24). The van der Waals surface area contributed by atoms with E-state index < -0.39 is 11.7 Å². The van der Waals surface area contributed by atoms with Crippen LogP contribution in [0.5, 0.6) is 0 Å². The van der Waals surface area contributed by atoms with Gasteiger partial charge in [-0.1, -0.05) is 36.4 Å². The highest BCUT2D eigenvalue weighted by Gasteiger charge is 2.30. The fraction of sp³-hybridized carbons (Fsp3) is 0.278. The highest BCUT2D eigenvalue weighted by atomic mass is 32.2. The molecule has 1 amide bonds. The molecule has 0 saturated heterocycles. The molecule has 0 aliphatic carbocycles. The minimum atomic E-state index is -4.42. The first-order valence-corrected chi connectivity index (χ1v) is 8.76. The third-order valence-electron chi connectivity index (χ3n) is 3.40. The highest BCUT2D eigenvalue weighted by molar-refractivity contribution is 7.98. The molecule has 0 aliphatic rings. The maximum absolute atomic E-state index is 13.4. The predicted octanol–water partition coefficient (Wildman–Crippen LogP) is 4.44. The van der Waals surface area contributed by atoms with Gasteiger partial charge in [-0.2, -0.15) is 24.9 Å². The average Bonchev–Trinajstić information content (AvgIpc) is 2.55. The Morgan fingerprint density at radius 1 is 1.08 bits per heavy atom. The van der Waals surface area contributed by atoms with E-state index in [2.05, 4.69) is 5.32 Å². The summed E-state index contributed by atoms with van der Waals surface area (Å²) in [6.45, 7) is 0.372. The minimum Gasteiger partial charge on any atom is -0.355 e. The van der Waals surface area contributed by atoms with Crippen LogP contribution >= 0.6 is 11.8 Å². The van der Waals surface area contributed by atoms with Crippen LogP contribution in [0.25, 0.3) is 0 Å². The number of rotatable bonds is 7. The number of thioether (sulfide) groups is 1. The van der Waals surface area contributed by atoms with Gasteiger partial charge in [0, 0.05) is 18.1 Å². The molecule has 1 N–H and O–H groups in total. The zero-order valence-corrected chi connectivity index (χ0v) is 14.1. The van der Waals surface area contributed by atoms with Gasteiger partial charge in [-0.25, -0.2) is 4.39 Å². The summed E-state index contributed by atoms with van der Waals surface area (Å²) in [4.78, 5) is 11.8. The fourth-order valence-electron chi connectivity index (χ4n) is 2.17. The molecule has 0 fully saturated rings. The van der Waals surface area contributed by atoms with Gasteiger partial charge in [0.05, 0.1) is 12.0 Å². The molecule has 2 nitrogen and oxygen atoms in total. The summed E-state index contributed by atoms with van der Waals surface area (Å²) in [6, 6.07) is 11.2. The van der Waals surface area contributed by atoms with Gasteiger partial charge < -0.3 is 5.32 Å². The summed E-state index contributed by atoms with van der Waals surface area (Å²) in [5.41, 5.74) is 0.146. The molecule has 0 bridgehead atoms. The lowest BCUT2D eigenvalue weighted by Crippen LogP contribution is -2.27. The van der Waals surface area contributed by atoms with E-state index in [-0.39, 0.29) is 18.1 Å². The van der Waals surface area contributed by atoms with E-state index >= 15 is 0 Å². The zero-order chi connectivity index (χ0) is 18.3. The van der Waals surface area contributed by atoms with Crippen LogP contribution in [-0.2, 0) is 23.1 Å². The summed E-state index contributed by atoms with van der Waals surface area (Å²) in [6.07, 6.45) is -4.53. The number of halogens is 4. The van der Waals surface area contributed by atoms with Crippen molar-refractivity contribution in [1.82, 2.24) is 5.32 Å². The van der Waals surface area contributed by atoms with Crippen molar-refractivity contribution in [3.63, 3.8) is 0 Å². The second-order valence-electron chi connectivity index (χ2n) is 5.37. The lowest BCUT2D eigenvalue weighted by molar-refractivity contribution is -0.137. The van der Waals surface area contributed by atoms with Crippen LogP contribution < -0.4 is 5.32 Å². The average molecular weight is 371 g/mol. The fourth-order valence-corrected chi connectivity index (χ4v) is 3.01. The molecular weight excluding hydrogens is 354 g/mol. The monoisotopic (exact) mass is 371 g/mol. The summed E-state index contributed by atoms with van der Waals surface area (Å²) < 4.78 is 51.3. The molecule has 0 aliphatic heterocycles. The smallest absolute Gasteiger partial charge is 0.355 e. The number of benzene rings is 2. The molecule has 2 rings (SSSR count). The number of carbonyl (C=O) groups is 1. The zero-order valence-electron chi connectivity index (χ0n) is 13.3. The van der Waals surface area contributed by atoms with Gasteiger partial charge in [0.1, 0.15) is 5.82 Å². The molecule has 134 valence electrons. The first-order chi connectivity index (χ1) is 11.9. The highest BCUT2D eigenvalue weighted by Crippen LogP contribution is 2.29. The first kappa shape index (κ1) is 19.3. The van der Waals surface area contributed by atoms with Crippen molar-refractivity contribution in [2.75, 3.05) is 12.3 Å². The predicted molar refractivity (Wildman–Crippen MR) is 90.7 cm³/mol. The first-order valence-electron chi connectivity index (χ1n) is 7.60. The quantitative estimate of drug-likeness (QED) is 0.576. The Labute approximate surface area is 147 Å². The van der Waals surface area contributed by atoms with Gasteiger partial charge >= 0.3 is 6.18 Å². The molecular formula is C18H17F4NOS. The SMILES string of the molecule is O=C(Cc1cccc(C(F)(F)F)c1)NCCSCc1ccccc1F. The maximum Gasteiger partial charge on any atom is 0.416 e. The van der Waals surface area contributed by atoms with Crippen LogP contribution in [0, 0.1) is 5.82 Å². The second-order valence-corrected chi connectivity index (χ2v) is 6.47. The molecule has 0 unspecified atom stereocenters. The largest absolute Gasteiger partial charge is 0.416 e. The van der Waals surface area contributed by atoms with Crippen molar-refractivity contribution < 1.29 is 22.4 Å². The molecule has 2 aromatic carbocycles. The van der Waals surface area contributed by atoms with Crippen molar-refractivity contribution >= 4 is 17.7 Å². The Morgan fingerprint density at radius 2 is 1.84 bits per heavy atom. The second kappa shape index (κ2) is 8.89. The van der Waals surface area contributed by atoms with Gasteiger partial charge in [-0.05, 0) is 23.3 Å². The van der Waals surface area contributed by atoms with Crippen LogP contribution in [0.4, 0.5) is 17.6 Å². The number of hydrogen-bond donors (Lipinski definition) is 1. The third-order valence-corrected chi connectivity index (χ3v) is 4.41. The molecule has 25 heavy (non-hydrogen) atoms. The van der Waals surface area contributed by atoms with Crippen LogP contribution in [-0.4, -0.2) is 18.2 Å². The number of alkyl halides is 3. The number of carbonyl (C=O) groups excluding carboxylic acids is 1. The summed E-state index contributed by atoms with van der Waals surface area (Å²) in [5.74, 6) is 0.480. The van der Waals surface area contributed by atoms with Gasteiger partial charge in [0.15, 0.2) is 0 Å². The Bertz CT molecular complexity index is 718.